The molecule has 0 aromatic heterocycles. The maximum absolute atomic E-state index is 12.2. The molecule has 0 radical (unpaired) electrons. The highest BCUT2D eigenvalue weighted by molar-refractivity contribution is 7.89. The molecule has 1 saturated heterocycles. The molecule has 2 N–H and O–H groups in total. The molecule has 1 fully saturated rings. The van der Waals surface area contributed by atoms with Gasteiger partial charge >= 0.3 is 0 Å². The standard InChI is InChI=1S/C15H22ClNO4S/c1-11-2-3-13(10-14(11)16)22(19,20)17-7-4-15(18)12-5-8-21-9-6-12/h2-3,10,12,15,17-18H,4-9H2,1H3. The predicted molar refractivity (Wildman–Crippen MR) is 85.5 cm³/mol. The van der Waals surface area contributed by atoms with Gasteiger partial charge in [0.2, 0.25) is 10.0 Å². The fourth-order valence-corrected chi connectivity index (χ4v) is 3.82. The fourth-order valence-electron chi connectivity index (χ4n) is 2.50. The van der Waals surface area contributed by atoms with E-state index in [0.29, 0.717) is 24.7 Å². The number of hydrogen-bond acceptors (Lipinski definition) is 4. The highest BCUT2D eigenvalue weighted by atomic mass is 35.5. The fraction of sp³-hybridized carbons (Fsp3) is 0.600. The summed E-state index contributed by atoms with van der Waals surface area (Å²) >= 11 is 5.96. The highest BCUT2D eigenvalue weighted by Crippen LogP contribution is 2.22. The van der Waals surface area contributed by atoms with E-state index in [-0.39, 0.29) is 17.4 Å². The number of aryl methyl sites for hydroxylation is 1. The number of hydrogen-bond donors (Lipinski definition) is 2. The van der Waals surface area contributed by atoms with Gasteiger partial charge in [-0.3, -0.25) is 0 Å². The van der Waals surface area contributed by atoms with Crippen LogP contribution in [0.25, 0.3) is 0 Å². The van der Waals surface area contributed by atoms with E-state index in [1.54, 1.807) is 6.07 Å². The Morgan fingerprint density at radius 3 is 2.73 bits per heavy atom. The highest BCUT2D eigenvalue weighted by Gasteiger charge is 2.22. The first-order chi connectivity index (χ1) is 10.4. The molecule has 1 unspecified atom stereocenters. The minimum atomic E-state index is -3.60. The van der Waals surface area contributed by atoms with E-state index in [9.17, 15) is 13.5 Å². The first-order valence-electron chi connectivity index (χ1n) is 7.42. The van der Waals surface area contributed by atoms with Crippen molar-refractivity contribution in [2.75, 3.05) is 19.8 Å². The van der Waals surface area contributed by atoms with Crippen LogP contribution >= 0.6 is 11.6 Å². The normalized spacial score (nSPS) is 18.3. The van der Waals surface area contributed by atoms with Crippen molar-refractivity contribution < 1.29 is 18.3 Å². The third-order valence-corrected chi connectivity index (χ3v) is 5.86. The molecule has 22 heavy (non-hydrogen) atoms. The Hall–Kier alpha value is -0.660. The second kappa shape index (κ2) is 7.75. The van der Waals surface area contributed by atoms with Crippen LogP contribution in [0.5, 0.6) is 0 Å². The van der Waals surface area contributed by atoms with E-state index < -0.39 is 16.1 Å². The molecule has 7 heteroatoms. The van der Waals surface area contributed by atoms with Gasteiger partial charge in [0.05, 0.1) is 11.0 Å². The Morgan fingerprint density at radius 2 is 2.09 bits per heavy atom. The predicted octanol–water partition coefficient (Wildman–Crippen LogP) is 2.10. The van der Waals surface area contributed by atoms with Crippen molar-refractivity contribution >= 4 is 21.6 Å². The van der Waals surface area contributed by atoms with Crippen molar-refractivity contribution in [3.8, 4) is 0 Å². The quantitative estimate of drug-likeness (QED) is 0.826. The van der Waals surface area contributed by atoms with E-state index in [0.717, 1.165) is 18.4 Å². The molecule has 1 aromatic carbocycles. The van der Waals surface area contributed by atoms with E-state index >= 15 is 0 Å². The number of benzene rings is 1. The topological polar surface area (TPSA) is 75.6 Å². The van der Waals surface area contributed by atoms with Gasteiger partial charge in [-0.25, -0.2) is 13.1 Å². The summed E-state index contributed by atoms with van der Waals surface area (Å²) in [5, 5.41) is 10.5. The molecule has 1 heterocycles. The summed E-state index contributed by atoms with van der Waals surface area (Å²) in [6, 6.07) is 4.64. The van der Waals surface area contributed by atoms with Crippen molar-refractivity contribution in [3.05, 3.63) is 28.8 Å². The maximum atomic E-state index is 12.2. The Bertz CT molecular complexity index is 600. The van der Waals surface area contributed by atoms with Crippen LogP contribution in [0.4, 0.5) is 0 Å². The maximum Gasteiger partial charge on any atom is 0.240 e. The van der Waals surface area contributed by atoms with Crippen molar-refractivity contribution in [2.24, 2.45) is 5.92 Å². The lowest BCUT2D eigenvalue weighted by atomic mass is 9.92. The number of aliphatic hydroxyl groups excluding tert-OH is 1. The van der Waals surface area contributed by atoms with Crippen LogP contribution < -0.4 is 4.72 Å². The average Bonchev–Trinajstić information content (AvgIpc) is 2.50. The monoisotopic (exact) mass is 347 g/mol. The molecule has 0 aliphatic carbocycles. The van der Waals surface area contributed by atoms with Crippen molar-refractivity contribution in [2.45, 2.75) is 37.2 Å². The summed E-state index contributed by atoms with van der Waals surface area (Å²) in [5.41, 5.74) is 0.829. The van der Waals surface area contributed by atoms with Crippen LogP contribution in [0.2, 0.25) is 5.02 Å². The van der Waals surface area contributed by atoms with Crippen LogP contribution in [-0.4, -0.2) is 39.4 Å². The first-order valence-corrected chi connectivity index (χ1v) is 9.28. The Morgan fingerprint density at radius 1 is 1.41 bits per heavy atom. The zero-order valence-electron chi connectivity index (χ0n) is 12.6. The van der Waals surface area contributed by atoms with Crippen LogP contribution in [0.3, 0.4) is 0 Å². The number of sulfonamides is 1. The molecular weight excluding hydrogens is 326 g/mol. The summed E-state index contributed by atoms with van der Waals surface area (Å²) in [6.45, 7) is 3.34. The van der Waals surface area contributed by atoms with Gasteiger partial charge < -0.3 is 9.84 Å². The second-order valence-corrected chi connectivity index (χ2v) is 7.79. The van der Waals surface area contributed by atoms with Crippen molar-refractivity contribution in [3.63, 3.8) is 0 Å². The van der Waals surface area contributed by atoms with E-state index in [2.05, 4.69) is 4.72 Å². The van der Waals surface area contributed by atoms with Gasteiger partial charge in [0.25, 0.3) is 0 Å². The van der Waals surface area contributed by atoms with E-state index in [1.165, 1.54) is 12.1 Å². The smallest absolute Gasteiger partial charge is 0.240 e. The lowest BCUT2D eigenvalue weighted by molar-refractivity contribution is 0.00567. The van der Waals surface area contributed by atoms with Gasteiger partial charge in [-0.1, -0.05) is 17.7 Å². The summed E-state index contributed by atoms with van der Waals surface area (Å²) in [6.07, 6.45) is 1.53. The third-order valence-electron chi connectivity index (χ3n) is 4.00. The van der Waals surface area contributed by atoms with Gasteiger partial charge in [0.15, 0.2) is 0 Å². The minimum Gasteiger partial charge on any atom is -0.393 e. The molecule has 1 aliphatic rings. The lowest BCUT2D eigenvalue weighted by Crippen LogP contribution is -2.32. The first kappa shape index (κ1) is 17.7. The number of aliphatic hydroxyl groups is 1. The van der Waals surface area contributed by atoms with Crippen molar-refractivity contribution in [1.29, 1.82) is 0 Å². The van der Waals surface area contributed by atoms with Gasteiger partial charge in [0.1, 0.15) is 0 Å². The summed E-state index contributed by atoms with van der Waals surface area (Å²) in [5.74, 6) is 0.187. The van der Waals surface area contributed by atoms with Crippen LogP contribution in [0.1, 0.15) is 24.8 Å². The number of rotatable bonds is 6. The lowest BCUT2D eigenvalue weighted by Gasteiger charge is -2.26. The van der Waals surface area contributed by atoms with Gasteiger partial charge in [-0.2, -0.15) is 0 Å². The van der Waals surface area contributed by atoms with Crippen LogP contribution in [-0.2, 0) is 14.8 Å². The average molecular weight is 348 g/mol. The Labute approximate surface area is 136 Å². The zero-order valence-corrected chi connectivity index (χ0v) is 14.2. The summed E-state index contributed by atoms with van der Waals surface area (Å²) in [7, 11) is -3.60. The molecule has 1 atom stereocenters. The number of halogens is 1. The van der Waals surface area contributed by atoms with Gasteiger partial charge in [0, 0.05) is 24.8 Å². The zero-order chi connectivity index (χ0) is 16.2. The molecule has 0 spiro atoms. The molecular formula is C15H22ClNO4S. The van der Waals surface area contributed by atoms with Crippen LogP contribution in [0, 0.1) is 12.8 Å². The number of nitrogens with one attached hydrogen (secondary N) is 1. The molecule has 0 bridgehead atoms. The molecule has 0 amide bonds. The molecule has 124 valence electrons. The molecule has 1 aromatic rings. The largest absolute Gasteiger partial charge is 0.393 e. The molecule has 1 aliphatic heterocycles. The Kier molecular flexibility index (Phi) is 6.23. The van der Waals surface area contributed by atoms with E-state index in [4.69, 9.17) is 16.3 Å². The third kappa shape index (κ3) is 4.67. The minimum absolute atomic E-state index is 0.142. The van der Waals surface area contributed by atoms with E-state index in [1.807, 2.05) is 6.92 Å². The Balaban J connectivity index is 1.88. The van der Waals surface area contributed by atoms with Gasteiger partial charge in [-0.15, -0.1) is 0 Å². The summed E-state index contributed by atoms with van der Waals surface area (Å²) < 4.78 is 32.1. The molecule has 0 saturated carbocycles. The summed E-state index contributed by atoms with van der Waals surface area (Å²) in [4.78, 5) is 0.142. The SMILES string of the molecule is Cc1ccc(S(=O)(=O)NCCC(O)C2CCOCC2)cc1Cl. The van der Waals surface area contributed by atoms with Gasteiger partial charge in [-0.05, 0) is 49.8 Å². The second-order valence-electron chi connectivity index (χ2n) is 5.61. The molecule has 2 rings (SSSR count). The number of ether oxygens (including phenoxy) is 1. The van der Waals surface area contributed by atoms with Crippen LogP contribution in [0.15, 0.2) is 23.1 Å². The van der Waals surface area contributed by atoms with Crippen molar-refractivity contribution in [1.82, 2.24) is 4.72 Å². The molecule has 5 nitrogen and oxygen atoms in total.